The number of nitrogens with two attached hydrogens (primary N) is 1. The Kier molecular flexibility index (Phi) is 2.70. The van der Waals surface area contributed by atoms with E-state index >= 15 is 0 Å². The van der Waals surface area contributed by atoms with E-state index in [9.17, 15) is 17.6 Å². The van der Waals surface area contributed by atoms with Crippen molar-refractivity contribution in [3.63, 3.8) is 0 Å². The molecule has 2 rings (SSSR count). The van der Waals surface area contributed by atoms with Crippen LogP contribution in [0.15, 0.2) is 6.20 Å². The third-order valence-electron chi connectivity index (χ3n) is 2.68. The lowest BCUT2D eigenvalue weighted by atomic mass is 9.99. The molecule has 0 radical (unpaired) electrons. The van der Waals surface area contributed by atoms with E-state index in [1.807, 2.05) is 0 Å². The lowest BCUT2D eigenvalue weighted by Gasteiger charge is -2.20. The smallest absolute Gasteiger partial charge is 0.327 e. The van der Waals surface area contributed by atoms with Gasteiger partial charge in [0.2, 0.25) is 0 Å². The summed E-state index contributed by atoms with van der Waals surface area (Å²) in [7, 11) is 0. The summed E-state index contributed by atoms with van der Waals surface area (Å²) in [6, 6.07) is 0. The molecule has 1 aromatic heterocycles. The lowest BCUT2D eigenvalue weighted by Crippen LogP contribution is -2.31. The molecule has 0 aliphatic heterocycles. The summed E-state index contributed by atoms with van der Waals surface area (Å²) in [5.74, 6) is -0.251. The summed E-state index contributed by atoms with van der Waals surface area (Å²) >= 11 is 0.349. The van der Waals surface area contributed by atoms with Crippen molar-refractivity contribution in [1.29, 1.82) is 0 Å². The Morgan fingerprint density at radius 1 is 1.38 bits per heavy atom. The van der Waals surface area contributed by atoms with Gasteiger partial charge in [0.15, 0.2) is 10.7 Å². The third-order valence-corrected chi connectivity index (χ3v) is 3.87. The molecule has 1 unspecified atom stereocenters. The summed E-state index contributed by atoms with van der Waals surface area (Å²) in [5.41, 5.74) is 3.49. The summed E-state index contributed by atoms with van der Waals surface area (Å²) in [6.07, 6.45) is -2.21. The number of hydrogen-bond donors (Lipinski definition) is 1. The van der Waals surface area contributed by atoms with Gasteiger partial charge in [-0.3, -0.25) is 0 Å². The molecule has 16 heavy (non-hydrogen) atoms. The van der Waals surface area contributed by atoms with E-state index in [2.05, 4.69) is 4.98 Å². The first-order valence-electron chi connectivity index (χ1n) is 4.80. The maximum atomic E-state index is 14.3. The first kappa shape index (κ1) is 11.8. The van der Waals surface area contributed by atoms with Gasteiger partial charge in [-0.2, -0.15) is 13.2 Å². The van der Waals surface area contributed by atoms with Crippen LogP contribution in [0, 0.1) is 5.92 Å². The number of aromatic nitrogens is 1. The molecule has 7 heteroatoms. The second-order valence-electron chi connectivity index (χ2n) is 3.87. The van der Waals surface area contributed by atoms with E-state index in [4.69, 9.17) is 5.73 Å². The monoisotopic (exact) mass is 254 g/mol. The fraction of sp³-hybridized carbons (Fsp3) is 0.667. The zero-order valence-electron chi connectivity index (χ0n) is 8.22. The zero-order chi connectivity index (χ0) is 12.0. The fourth-order valence-corrected chi connectivity index (χ4v) is 2.56. The van der Waals surface area contributed by atoms with Gasteiger partial charge in [-0.05, 0) is 18.8 Å². The molecule has 1 fully saturated rings. The number of thiazole rings is 1. The van der Waals surface area contributed by atoms with Gasteiger partial charge in [0, 0.05) is 12.7 Å². The molecule has 1 atom stereocenters. The normalized spacial score (nSPS) is 20.8. The Bertz CT molecular complexity index is 385. The second kappa shape index (κ2) is 3.66. The van der Waals surface area contributed by atoms with E-state index < -0.39 is 16.9 Å². The Labute approximate surface area is 93.5 Å². The molecule has 0 aromatic carbocycles. The highest BCUT2D eigenvalue weighted by atomic mass is 32.1. The maximum absolute atomic E-state index is 14.3. The van der Waals surface area contributed by atoms with Gasteiger partial charge in [-0.15, -0.1) is 11.3 Å². The predicted molar refractivity (Wildman–Crippen MR) is 51.7 cm³/mol. The molecule has 1 aliphatic carbocycles. The first-order chi connectivity index (χ1) is 7.38. The number of nitrogens with zero attached hydrogens (tertiary/aromatic N) is 1. The van der Waals surface area contributed by atoms with Gasteiger partial charge in [-0.25, -0.2) is 9.37 Å². The minimum Gasteiger partial charge on any atom is -0.327 e. The van der Waals surface area contributed by atoms with Crippen molar-refractivity contribution in [3.8, 4) is 0 Å². The van der Waals surface area contributed by atoms with Crippen molar-refractivity contribution >= 4 is 11.3 Å². The van der Waals surface area contributed by atoms with Crippen LogP contribution in [-0.2, 0) is 11.8 Å². The van der Waals surface area contributed by atoms with Crippen LogP contribution in [-0.4, -0.2) is 11.5 Å². The average Bonchev–Trinajstić information content (AvgIpc) is 2.92. The highest BCUT2D eigenvalue weighted by molar-refractivity contribution is 7.11. The van der Waals surface area contributed by atoms with Gasteiger partial charge < -0.3 is 5.73 Å². The fourth-order valence-electron chi connectivity index (χ4n) is 1.61. The molecular formula is C9H10F4N2S. The molecular weight excluding hydrogens is 244 g/mol. The van der Waals surface area contributed by atoms with Crippen molar-refractivity contribution in [1.82, 2.24) is 4.98 Å². The molecule has 2 N–H and O–H groups in total. The molecule has 0 bridgehead atoms. The van der Waals surface area contributed by atoms with Crippen LogP contribution >= 0.6 is 11.3 Å². The van der Waals surface area contributed by atoms with Crippen LogP contribution < -0.4 is 5.73 Å². The lowest BCUT2D eigenvalue weighted by molar-refractivity contribution is -0.137. The predicted octanol–water partition coefficient (Wildman–Crippen LogP) is 2.70. The number of rotatable bonds is 3. The minimum atomic E-state index is -4.51. The van der Waals surface area contributed by atoms with Crippen LogP contribution in [0.4, 0.5) is 17.6 Å². The molecule has 0 amide bonds. The average molecular weight is 254 g/mol. The number of hydrogen-bond acceptors (Lipinski definition) is 3. The highest BCUT2D eigenvalue weighted by Gasteiger charge is 2.48. The largest absolute Gasteiger partial charge is 0.443 e. The van der Waals surface area contributed by atoms with Gasteiger partial charge in [0.25, 0.3) is 0 Å². The third kappa shape index (κ3) is 1.93. The molecule has 0 spiro atoms. The van der Waals surface area contributed by atoms with Crippen molar-refractivity contribution < 1.29 is 17.6 Å². The maximum Gasteiger partial charge on any atom is 0.443 e. The molecule has 1 saturated carbocycles. The van der Waals surface area contributed by atoms with Crippen LogP contribution in [0.25, 0.3) is 0 Å². The number of halogens is 4. The zero-order valence-corrected chi connectivity index (χ0v) is 9.04. The van der Waals surface area contributed by atoms with Crippen molar-refractivity contribution in [2.75, 3.05) is 6.54 Å². The first-order valence-corrected chi connectivity index (χ1v) is 5.62. The molecule has 90 valence electrons. The minimum absolute atomic E-state index is 0.00942. The molecule has 1 aromatic rings. The van der Waals surface area contributed by atoms with Gasteiger partial charge in [0.1, 0.15) is 0 Å². The van der Waals surface area contributed by atoms with E-state index in [1.165, 1.54) is 0 Å². The van der Waals surface area contributed by atoms with E-state index in [1.54, 1.807) is 0 Å². The molecule has 2 nitrogen and oxygen atoms in total. The second-order valence-corrected chi connectivity index (χ2v) is 4.90. The summed E-state index contributed by atoms with van der Waals surface area (Å²) in [5, 5.41) is -1.02. The summed E-state index contributed by atoms with van der Waals surface area (Å²) in [6.45, 7) is -0.294. The SMILES string of the molecule is NCC(F)(c1cnc(C(F)(F)F)s1)C1CC1. The summed E-state index contributed by atoms with van der Waals surface area (Å²) < 4.78 is 51.2. The van der Waals surface area contributed by atoms with Crippen molar-refractivity contribution in [2.24, 2.45) is 11.7 Å². The topological polar surface area (TPSA) is 38.9 Å². The van der Waals surface area contributed by atoms with E-state index in [-0.39, 0.29) is 17.3 Å². The van der Waals surface area contributed by atoms with Crippen LogP contribution in [0.3, 0.4) is 0 Å². The van der Waals surface area contributed by atoms with Gasteiger partial charge in [-0.1, -0.05) is 0 Å². The van der Waals surface area contributed by atoms with E-state index in [0.29, 0.717) is 24.2 Å². The Morgan fingerprint density at radius 3 is 2.38 bits per heavy atom. The Balaban J connectivity index is 2.30. The standard InChI is InChI=1S/C9H10F4N2S/c10-8(4-14,5-1-2-5)6-3-15-7(16-6)9(11,12)13/h3,5H,1-2,4,14H2. The quantitative estimate of drug-likeness (QED) is 0.842. The Hall–Kier alpha value is -0.690. The number of alkyl halides is 4. The van der Waals surface area contributed by atoms with E-state index in [0.717, 1.165) is 6.20 Å². The van der Waals surface area contributed by atoms with Crippen LogP contribution in [0.2, 0.25) is 0 Å². The molecule has 1 aliphatic rings. The van der Waals surface area contributed by atoms with Crippen molar-refractivity contribution in [2.45, 2.75) is 24.7 Å². The van der Waals surface area contributed by atoms with Gasteiger partial charge >= 0.3 is 6.18 Å². The molecule has 1 heterocycles. The Morgan fingerprint density at radius 2 is 2.00 bits per heavy atom. The van der Waals surface area contributed by atoms with Crippen LogP contribution in [0.5, 0.6) is 0 Å². The van der Waals surface area contributed by atoms with Crippen molar-refractivity contribution in [3.05, 3.63) is 16.1 Å². The van der Waals surface area contributed by atoms with Gasteiger partial charge in [0.05, 0.1) is 4.88 Å². The highest BCUT2D eigenvalue weighted by Crippen LogP contribution is 2.50. The molecule has 0 saturated heterocycles. The summed E-state index contributed by atoms with van der Waals surface area (Å²) in [4.78, 5) is 3.20. The van der Waals surface area contributed by atoms with Crippen LogP contribution in [0.1, 0.15) is 22.7 Å².